The van der Waals surface area contributed by atoms with E-state index in [9.17, 15) is 4.79 Å². The van der Waals surface area contributed by atoms with Gasteiger partial charge in [0.25, 0.3) is 0 Å². The zero-order valence-electron chi connectivity index (χ0n) is 4.37. The van der Waals surface area contributed by atoms with Crippen molar-refractivity contribution in [3.05, 3.63) is 12.5 Å². The van der Waals surface area contributed by atoms with Crippen molar-refractivity contribution in [2.24, 2.45) is 0 Å². The zero-order valence-corrected chi connectivity index (χ0v) is 5.26. The number of ether oxygens (including phenoxy) is 1. The fourth-order valence-electron chi connectivity index (χ4n) is 0.426. The van der Waals surface area contributed by atoms with Gasteiger partial charge in [-0.25, -0.2) is 4.79 Å². The topological polar surface area (TPSA) is 58.6 Å². The molecule has 4 nitrogen and oxygen atoms in total. The monoisotopic (exact) mass is 147 g/mol. The summed E-state index contributed by atoms with van der Waals surface area (Å²) in [4.78, 5) is 10.2. The molecule has 1 aliphatic heterocycles. The van der Waals surface area contributed by atoms with Crippen LogP contribution in [-0.4, -0.2) is 16.1 Å². The number of hydrogen-bond donors (Lipinski definition) is 3. The van der Waals surface area contributed by atoms with Crippen LogP contribution in [0, 0.1) is 0 Å². The summed E-state index contributed by atoms with van der Waals surface area (Å²) in [5.74, 6) is -1.16. The molecule has 50 valence electrons. The third-order valence-electron chi connectivity index (χ3n) is 0.876. The van der Waals surface area contributed by atoms with Gasteiger partial charge < -0.3 is 15.2 Å². The summed E-state index contributed by atoms with van der Waals surface area (Å²) in [5, 5.41) is 9.21. The van der Waals surface area contributed by atoms with Gasteiger partial charge in [0, 0.05) is 6.20 Å². The second-order valence-corrected chi connectivity index (χ2v) is 2.14. The van der Waals surface area contributed by atoms with Gasteiger partial charge >= 0.3 is 11.0 Å². The molecule has 1 rings (SSSR count). The molecule has 0 saturated heterocycles. The average molecular weight is 147 g/mol. The molecular weight excluding hydrogens is 142 g/mol. The number of thiol groups is 1. The maximum atomic E-state index is 10.2. The van der Waals surface area contributed by atoms with Crippen LogP contribution in [0.2, 0.25) is 0 Å². The van der Waals surface area contributed by atoms with Crippen molar-refractivity contribution in [3.63, 3.8) is 0 Å². The minimum Gasteiger partial charge on any atom is -0.476 e. The van der Waals surface area contributed by atoms with E-state index in [-0.39, 0.29) is 0 Å². The summed E-state index contributed by atoms with van der Waals surface area (Å²) in [5.41, 5.74) is 0. The van der Waals surface area contributed by atoms with Crippen molar-refractivity contribution in [1.82, 2.24) is 5.32 Å². The number of rotatable bonds is 1. The van der Waals surface area contributed by atoms with Crippen molar-refractivity contribution in [2.75, 3.05) is 0 Å². The highest BCUT2D eigenvalue weighted by atomic mass is 32.1. The first-order valence-electron chi connectivity index (χ1n) is 2.21. The number of carboxylic acids is 1. The van der Waals surface area contributed by atoms with Crippen LogP contribution in [0.25, 0.3) is 0 Å². The fraction of sp³-hybridized carbons (Fsp3) is 0.250. The third-order valence-corrected chi connectivity index (χ3v) is 1.30. The molecule has 0 amide bonds. The fourth-order valence-corrected chi connectivity index (χ4v) is 0.561. The second kappa shape index (κ2) is 1.84. The molecular formula is C4H5NO3S. The molecule has 1 aliphatic rings. The van der Waals surface area contributed by atoms with Gasteiger partial charge in [-0.15, -0.1) is 0 Å². The highest BCUT2D eigenvalue weighted by molar-refractivity contribution is 7.82. The molecule has 5 heteroatoms. The quantitative estimate of drug-likeness (QED) is 0.447. The molecule has 0 aromatic carbocycles. The van der Waals surface area contributed by atoms with E-state index in [4.69, 9.17) is 5.11 Å². The van der Waals surface area contributed by atoms with Crippen LogP contribution in [0.5, 0.6) is 0 Å². The first kappa shape index (κ1) is 6.28. The van der Waals surface area contributed by atoms with Crippen LogP contribution >= 0.6 is 12.6 Å². The maximum absolute atomic E-state index is 10.2. The van der Waals surface area contributed by atoms with E-state index in [0.29, 0.717) is 0 Å². The van der Waals surface area contributed by atoms with E-state index >= 15 is 0 Å². The Labute approximate surface area is 56.9 Å². The number of hydrogen-bond acceptors (Lipinski definition) is 4. The maximum Gasteiger partial charge on any atom is 0.381 e. The standard InChI is InChI=1S/C4H5NO3S/c6-3(7)4(9)5-1-2-8-4/h1-2,5,9H,(H,6,7). The van der Waals surface area contributed by atoms with Gasteiger partial charge in [0.2, 0.25) is 0 Å². The SMILES string of the molecule is O=C(O)C1(S)NC=CO1. The van der Waals surface area contributed by atoms with E-state index in [1.54, 1.807) is 0 Å². The molecule has 0 saturated carbocycles. The Morgan fingerprint density at radius 2 is 2.56 bits per heavy atom. The molecule has 0 aromatic rings. The Morgan fingerprint density at radius 1 is 1.89 bits per heavy atom. The van der Waals surface area contributed by atoms with E-state index in [0.717, 1.165) is 0 Å². The Balaban J connectivity index is 2.66. The lowest BCUT2D eigenvalue weighted by Gasteiger charge is -2.16. The first-order valence-corrected chi connectivity index (χ1v) is 2.66. The Bertz CT molecular complexity index is 159. The van der Waals surface area contributed by atoms with Crippen LogP contribution in [0.1, 0.15) is 0 Å². The van der Waals surface area contributed by atoms with Gasteiger partial charge in [-0.2, -0.15) is 0 Å². The van der Waals surface area contributed by atoms with Gasteiger partial charge in [-0.1, -0.05) is 12.6 Å². The zero-order chi connectivity index (χ0) is 6.91. The molecule has 9 heavy (non-hydrogen) atoms. The van der Waals surface area contributed by atoms with E-state index in [1.165, 1.54) is 12.5 Å². The first-order chi connectivity index (χ1) is 4.15. The lowest BCUT2D eigenvalue weighted by atomic mass is 10.6. The van der Waals surface area contributed by atoms with E-state index < -0.39 is 11.0 Å². The molecule has 0 spiro atoms. The molecule has 0 aliphatic carbocycles. The van der Waals surface area contributed by atoms with Crippen LogP contribution in [0.15, 0.2) is 12.5 Å². The number of nitrogens with one attached hydrogen (secondary N) is 1. The van der Waals surface area contributed by atoms with Crippen LogP contribution in [0.4, 0.5) is 0 Å². The normalized spacial score (nSPS) is 31.2. The average Bonchev–Trinajstić information content (AvgIpc) is 2.16. The highest BCUT2D eigenvalue weighted by Gasteiger charge is 2.37. The number of carboxylic acid groups (broad SMARTS) is 1. The molecule has 1 heterocycles. The molecule has 0 bridgehead atoms. The van der Waals surface area contributed by atoms with Gasteiger partial charge in [-0.3, -0.25) is 0 Å². The lowest BCUT2D eigenvalue weighted by molar-refractivity contribution is -0.149. The van der Waals surface area contributed by atoms with Crippen LogP contribution < -0.4 is 5.32 Å². The van der Waals surface area contributed by atoms with Crippen LogP contribution in [0.3, 0.4) is 0 Å². The Morgan fingerprint density at radius 3 is 2.78 bits per heavy atom. The largest absolute Gasteiger partial charge is 0.476 e. The highest BCUT2D eigenvalue weighted by Crippen LogP contribution is 2.17. The lowest BCUT2D eigenvalue weighted by Crippen LogP contribution is -2.42. The van der Waals surface area contributed by atoms with Crippen molar-refractivity contribution in [1.29, 1.82) is 0 Å². The molecule has 0 fully saturated rings. The smallest absolute Gasteiger partial charge is 0.381 e. The minimum atomic E-state index is -1.56. The summed E-state index contributed by atoms with van der Waals surface area (Å²) in [7, 11) is 0. The van der Waals surface area contributed by atoms with Gasteiger partial charge in [0.15, 0.2) is 0 Å². The summed E-state index contributed by atoms with van der Waals surface area (Å²) < 4.78 is 4.57. The van der Waals surface area contributed by atoms with Crippen molar-refractivity contribution in [2.45, 2.75) is 5.06 Å². The molecule has 0 aromatic heterocycles. The Kier molecular flexibility index (Phi) is 1.28. The number of carbonyl (C=O) groups is 1. The molecule has 1 atom stereocenters. The summed E-state index contributed by atoms with van der Waals surface area (Å²) >= 11 is 3.68. The summed E-state index contributed by atoms with van der Waals surface area (Å²) in [6.07, 6.45) is 2.61. The predicted molar refractivity (Wildman–Crippen MR) is 32.7 cm³/mol. The van der Waals surface area contributed by atoms with Gasteiger partial charge in [0.05, 0.1) is 0 Å². The summed E-state index contributed by atoms with van der Waals surface area (Å²) in [6, 6.07) is 0. The summed E-state index contributed by atoms with van der Waals surface area (Å²) in [6.45, 7) is 0. The predicted octanol–water partition coefficient (Wildman–Crippen LogP) is -0.254. The van der Waals surface area contributed by atoms with Gasteiger partial charge in [0.1, 0.15) is 6.26 Å². The number of aliphatic carboxylic acids is 1. The molecule has 2 N–H and O–H groups in total. The molecule has 0 radical (unpaired) electrons. The van der Waals surface area contributed by atoms with Crippen molar-refractivity contribution in [3.8, 4) is 0 Å². The van der Waals surface area contributed by atoms with Crippen molar-refractivity contribution >= 4 is 18.6 Å². The molecule has 1 unspecified atom stereocenters. The third kappa shape index (κ3) is 0.951. The van der Waals surface area contributed by atoms with Crippen LogP contribution in [-0.2, 0) is 9.53 Å². The van der Waals surface area contributed by atoms with E-state index in [2.05, 4.69) is 22.7 Å². The van der Waals surface area contributed by atoms with Gasteiger partial charge in [-0.05, 0) is 0 Å². The Hall–Kier alpha value is -0.840. The second-order valence-electron chi connectivity index (χ2n) is 1.51. The minimum absolute atomic E-state index is 1.16. The van der Waals surface area contributed by atoms with E-state index in [1.807, 2.05) is 0 Å². The van der Waals surface area contributed by atoms with Crippen molar-refractivity contribution < 1.29 is 14.6 Å².